The maximum absolute atomic E-state index is 16.3. The molecule has 3 aliphatic rings. The quantitative estimate of drug-likeness (QED) is 0.287. The molecule has 6 rings (SSSR count). The summed E-state index contributed by atoms with van der Waals surface area (Å²) in [5.74, 6) is 1.85. The number of rotatable bonds is 8. The van der Waals surface area contributed by atoms with Gasteiger partial charge in [-0.3, -0.25) is 0 Å². The van der Waals surface area contributed by atoms with Crippen LogP contribution in [0.1, 0.15) is 91.4 Å². The number of halogens is 1. The molecule has 1 N–H and O–H groups in total. The molecule has 230 valence electrons. The van der Waals surface area contributed by atoms with E-state index < -0.39 is 0 Å². The average Bonchev–Trinajstić information content (AvgIpc) is 2.99. The number of phenols is 1. The Bertz CT molecular complexity index is 1390. The van der Waals surface area contributed by atoms with Crippen molar-refractivity contribution in [2.24, 2.45) is 11.3 Å². The van der Waals surface area contributed by atoms with Gasteiger partial charge in [0.25, 0.3) is 0 Å². The van der Waals surface area contributed by atoms with Crippen molar-refractivity contribution in [2.75, 3.05) is 34.5 Å². The molecule has 0 aromatic heterocycles. The second-order valence-corrected chi connectivity index (χ2v) is 13.0. The fraction of sp³-hybridized carbons (Fsp3) is 0.514. The van der Waals surface area contributed by atoms with E-state index in [0.717, 1.165) is 47.9 Å². The number of phenolic OH excluding ortho intramolecular Hbond substituents is 1. The first kappa shape index (κ1) is 30.0. The van der Waals surface area contributed by atoms with Crippen molar-refractivity contribution >= 4 is 0 Å². The molecule has 6 heteroatoms. The third kappa shape index (κ3) is 6.01. The second-order valence-electron chi connectivity index (χ2n) is 13.0. The highest BCUT2D eigenvalue weighted by Gasteiger charge is 2.47. The van der Waals surface area contributed by atoms with E-state index in [1.807, 2.05) is 30.3 Å². The zero-order valence-electron chi connectivity index (χ0n) is 25.7. The zero-order valence-corrected chi connectivity index (χ0v) is 25.7. The molecule has 1 heterocycles. The van der Waals surface area contributed by atoms with E-state index in [1.165, 1.54) is 25.7 Å². The monoisotopic (exact) mass is 588 g/mol. The van der Waals surface area contributed by atoms with Crippen LogP contribution in [0.15, 0.2) is 60.7 Å². The van der Waals surface area contributed by atoms with Crippen LogP contribution in [0.5, 0.6) is 17.2 Å². The Morgan fingerprint density at radius 2 is 1.74 bits per heavy atom. The summed E-state index contributed by atoms with van der Waals surface area (Å²) >= 11 is 0. The van der Waals surface area contributed by atoms with E-state index in [9.17, 15) is 5.11 Å². The molecule has 1 aliphatic heterocycles. The standard InChI is InChI=1S/C37H45FO5/c1-40-23-35(42-3)26-20-37(21-26)15-8-7-11-25(14-16-37)29-19-33(41-2)30(18-32(29)38)36-28-13-12-27(39)17-34(28)43-22-31(36)24-9-5-4-6-10-24/h4-6,9-10,12-13,17-19,25-26,31,35-36,39H,7-8,11,14-16,20-23H2,1-3H3. The van der Waals surface area contributed by atoms with Gasteiger partial charge < -0.3 is 24.1 Å². The minimum Gasteiger partial charge on any atom is -0.508 e. The summed E-state index contributed by atoms with van der Waals surface area (Å²) in [5, 5.41) is 10.2. The van der Waals surface area contributed by atoms with Crippen molar-refractivity contribution < 1.29 is 28.4 Å². The van der Waals surface area contributed by atoms with Gasteiger partial charge in [-0.15, -0.1) is 0 Å². The van der Waals surface area contributed by atoms with Crippen LogP contribution in [0.3, 0.4) is 0 Å². The van der Waals surface area contributed by atoms with Gasteiger partial charge in [-0.1, -0.05) is 49.2 Å². The number of hydrogen-bond donors (Lipinski definition) is 1. The fourth-order valence-electron chi connectivity index (χ4n) is 8.32. The molecule has 2 fully saturated rings. The molecule has 4 unspecified atom stereocenters. The molecule has 0 radical (unpaired) electrons. The predicted molar refractivity (Wildman–Crippen MR) is 166 cm³/mol. The van der Waals surface area contributed by atoms with Gasteiger partial charge in [0.05, 0.1) is 26.4 Å². The lowest BCUT2D eigenvalue weighted by atomic mass is 9.55. The van der Waals surface area contributed by atoms with Crippen molar-refractivity contribution in [3.8, 4) is 17.2 Å². The van der Waals surface area contributed by atoms with Crippen LogP contribution < -0.4 is 9.47 Å². The first-order valence-electron chi connectivity index (χ1n) is 15.8. The van der Waals surface area contributed by atoms with E-state index in [0.29, 0.717) is 36.0 Å². The third-order valence-corrected chi connectivity index (χ3v) is 10.6. The van der Waals surface area contributed by atoms with Crippen LogP contribution in [0, 0.1) is 17.2 Å². The number of fused-ring (bicyclic) bond motifs is 1. The largest absolute Gasteiger partial charge is 0.508 e. The molecule has 4 atom stereocenters. The summed E-state index contributed by atoms with van der Waals surface area (Å²) in [4.78, 5) is 0. The fourth-order valence-corrected chi connectivity index (χ4v) is 8.32. The van der Waals surface area contributed by atoms with Gasteiger partial charge in [-0.2, -0.15) is 0 Å². The van der Waals surface area contributed by atoms with Crippen molar-refractivity contribution in [1.82, 2.24) is 0 Å². The van der Waals surface area contributed by atoms with Gasteiger partial charge in [-0.25, -0.2) is 4.39 Å². The maximum Gasteiger partial charge on any atom is 0.127 e. The van der Waals surface area contributed by atoms with Crippen molar-refractivity contribution in [2.45, 2.75) is 75.2 Å². The summed E-state index contributed by atoms with van der Waals surface area (Å²) < 4.78 is 39.6. The lowest BCUT2D eigenvalue weighted by molar-refractivity contribution is -0.0892. The molecular formula is C37H45FO5. The summed E-state index contributed by atoms with van der Waals surface area (Å²) in [7, 11) is 5.21. The molecule has 5 nitrogen and oxygen atoms in total. The van der Waals surface area contributed by atoms with Gasteiger partial charge >= 0.3 is 0 Å². The number of ether oxygens (including phenoxy) is 4. The van der Waals surface area contributed by atoms with Gasteiger partial charge in [0.1, 0.15) is 23.1 Å². The van der Waals surface area contributed by atoms with Crippen LogP contribution >= 0.6 is 0 Å². The lowest BCUT2D eigenvalue weighted by Gasteiger charge is -2.52. The first-order valence-corrected chi connectivity index (χ1v) is 15.8. The number of methoxy groups -OCH3 is 3. The summed E-state index contributed by atoms with van der Waals surface area (Å²) in [6.07, 6.45) is 9.15. The lowest BCUT2D eigenvalue weighted by Crippen LogP contribution is -2.45. The van der Waals surface area contributed by atoms with E-state index >= 15 is 4.39 Å². The smallest absolute Gasteiger partial charge is 0.127 e. The molecule has 3 aromatic rings. The highest BCUT2D eigenvalue weighted by Crippen LogP contribution is 2.56. The van der Waals surface area contributed by atoms with E-state index in [2.05, 4.69) is 12.1 Å². The minimum absolute atomic E-state index is 0.0285. The molecule has 0 amide bonds. The molecule has 0 saturated heterocycles. The highest BCUT2D eigenvalue weighted by atomic mass is 19.1. The zero-order chi connectivity index (χ0) is 30.0. The van der Waals surface area contributed by atoms with Crippen LogP contribution in [-0.2, 0) is 9.47 Å². The molecule has 2 aliphatic carbocycles. The molecule has 3 aromatic carbocycles. The van der Waals surface area contributed by atoms with Crippen molar-refractivity contribution in [1.29, 1.82) is 0 Å². The van der Waals surface area contributed by atoms with Gasteiger partial charge in [-0.05, 0) is 85.1 Å². The molecule has 1 spiro atoms. The Balaban J connectivity index is 1.29. The minimum atomic E-state index is -0.182. The Morgan fingerprint density at radius 3 is 2.49 bits per heavy atom. The topological polar surface area (TPSA) is 57.2 Å². The van der Waals surface area contributed by atoms with Gasteiger partial charge in [0.2, 0.25) is 0 Å². The van der Waals surface area contributed by atoms with Gasteiger partial charge in [0.15, 0.2) is 0 Å². The Labute approximate surface area is 255 Å². The second kappa shape index (κ2) is 12.9. The first-order chi connectivity index (χ1) is 20.9. The Hall–Kier alpha value is -3.09. The predicted octanol–water partition coefficient (Wildman–Crippen LogP) is 8.34. The molecular weight excluding hydrogens is 543 g/mol. The molecule has 43 heavy (non-hydrogen) atoms. The maximum atomic E-state index is 16.3. The highest BCUT2D eigenvalue weighted by molar-refractivity contribution is 5.54. The van der Waals surface area contributed by atoms with E-state index in [1.54, 1.807) is 39.5 Å². The number of aromatic hydroxyl groups is 1. The van der Waals surface area contributed by atoms with Crippen molar-refractivity contribution in [3.63, 3.8) is 0 Å². The van der Waals surface area contributed by atoms with Crippen LogP contribution in [0.2, 0.25) is 0 Å². The number of hydrogen-bond acceptors (Lipinski definition) is 5. The summed E-state index contributed by atoms with van der Waals surface area (Å²) in [6, 6.07) is 19.2. The summed E-state index contributed by atoms with van der Waals surface area (Å²) in [6.45, 7) is 1.07. The van der Waals surface area contributed by atoms with Crippen LogP contribution in [0.4, 0.5) is 4.39 Å². The van der Waals surface area contributed by atoms with E-state index in [4.69, 9.17) is 18.9 Å². The molecule has 0 bridgehead atoms. The molecule has 2 saturated carbocycles. The average molecular weight is 589 g/mol. The van der Waals surface area contributed by atoms with Crippen LogP contribution in [0.25, 0.3) is 0 Å². The Kier molecular flexibility index (Phi) is 8.97. The number of benzene rings is 3. The van der Waals surface area contributed by atoms with E-state index in [-0.39, 0.29) is 35.4 Å². The SMILES string of the molecule is COCC(OC)C1CC2(CCCCC(c3cc(OC)c(C4c5ccc(O)cc5OCC4c4ccccc4)cc3F)CC2)C1. The third-order valence-electron chi connectivity index (χ3n) is 10.6. The normalized spacial score (nSPS) is 27.7. The Morgan fingerprint density at radius 1 is 0.930 bits per heavy atom. The van der Waals surface area contributed by atoms with Crippen LogP contribution in [-0.4, -0.2) is 45.8 Å². The summed E-state index contributed by atoms with van der Waals surface area (Å²) in [5.41, 5.74) is 3.99. The van der Waals surface area contributed by atoms with Crippen molar-refractivity contribution in [3.05, 3.63) is 88.7 Å². The van der Waals surface area contributed by atoms with Gasteiger partial charge in [0, 0.05) is 43.2 Å².